The van der Waals surface area contributed by atoms with Crippen LogP contribution in [-0.2, 0) is 6.54 Å². The number of imidazole rings is 1. The lowest BCUT2D eigenvalue weighted by molar-refractivity contribution is 0.605. The van der Waals surface area contributed by atoms with Crippen molar-refractivity contribution in [2.75, 3.05) is 5.32 Å². The lowest BCUT2D eigenvalue weighted by Gasteiger charge is -2.11. The van der Waals surface area contributed by atoms with Gasteiger partial charge in [0.25, 0.3) is 0 Å². The molecular formula is C11H16N4S. The molecule has 0 aliphatic rings. The molecule has 0 radical (unpaired) electrons. The molecule has 2 aromatic rings. The minimum absolute atomic E-state index is 0.424. The number of aryl methyl sites for hydroxylation is 1. The Bertz CT molecular complexity index is 458. The van der Waals surface area contributed by atoms with Crippen LogP contribution in [0.25, 0.3) is 0 Å². The first kappa shape index (κ1) is 11.1. The molecule has 0 amide bonds. The second-order valence-corrected chi connectivity index (χ2v) is 5.27. The van der Waals surface area contributed by atoms with Crippen molar-refractivity contribution in [3.8, 4) is 0 Å². The van der Waals surface area contributed by atoms with E-state index in [1.165, 1.54) is 4.88 Å². The molecule has 2 rings (SSSR count). The van der Waals surface area contributed by atoms with Crippen molar-refractivity contribution >= 4 is 17.3 Å². The van der Waals surface area contributed by atoms with Crippen LogP contribution in [-0.4, -0.2) is 14.5 Å². The Morgan fingerprint density at radius 1 is 1.44 bits per heavy atom. The highest BCUT2D eigenvalue weighted by Crippen LogP contribution is 2.16. The van der Waals surface area contributed by atoms with Crippen molar-refractivity contribution in [1.29, 1.82) is 0 Å². The number of hydrogen-bond acceptors (Lipinski definition) is 4. The Balaban J connectivity index is 2.02. The first-order valence-electron chi connectivity index (χ1n) is 5.35. The Morgan fingerprint density at radius 3 is 2.88 bits per heavy atom. The average molecular weight is 236 g/mol. The predicted octanol–water partition coefficient (Wildman–Crippen LogP) is 2.84. The van der Waals surface area contributed by atoms with Gasteiger partial charge >= 0.3 is 0 Å². The van der Waals surface area contributed by atoms with Gasteiger partial charge in [0.1, 0.15) is 0 Å². The maximum absolute atomic E-state index is 4.30. The number of hydrogen-bond donors (Lipinski definition) is 1. The highest BCUT2D eigenvalue weighted by atomic mass is 32.1. The van der Waals surface area contributed by atoms with Gasteiger partial charge in [-0.05, 0) is 20.8 Å². The number of nitrogens with one attached hydrogen (secondary N) is 1. The van der Waals surface area contributed by atoms with Crippen LogP contribution in [0, 0.1) is 6.92 Å². The Labute approximate surface area is 99.4 Å². The Hall–Kier alpha value is -1.36. The topological polar surface area (TPSA) is 42.7 Å². The van der Waals surface area contributed by atoms with Crippen molar-refractivity contribution in [3.63, 3.8) is 0 Å². The van der Waals surface area contributed by atoms with E-state index in [0.29, 0.717) is 6.04 Å². The summed E-state index contributed by atoms with van der Waals surface area (Å²) < 4.78 is 2.12. The number of anilines is 1. The van der Waals surface area contributed by atoms with Gasteiger partial charge in [-0.1, -0.05) is 0 Å². The molecular weight excluding hydrogens is 220 g/mol. The normalized spacial score (nSPS) is 11.0. The zero-order valence-corrected chi connectivity index (χ0v) is 10.6. The molecule has 0 saturated carbocycles. The summed E-state index contributed by atoms with van der Waals surface area (Å²) in [6, 6.07) is 0.424. The number of thiazole rings is 1. The van der Waals surface area contributed by atoms with Crippen LogP contribution in [0.3, 0.4) is 0 Å². The summed E-state index contributed by atoms with van der Waals surface area (Å²) in [4.78, 5) is 9.75. The van der Waals surface area contributed by atoms with Gasteiger partial charge in [-0.25, -0.2) is 9.97 Å². The summed E-state index contributed by atoms with van der Waals surface area (Å²) in [5.74, 6) is 0.918. The molecule has 0 aliphatic heterocycles. The fourth-order valence-corrected chi connectivity index (χ4v) is 2.25. The summed E-state index contributed by atoms with van der Waals surface area (Å²) in [6.07, 6.45) is 5.72. The van der Waals surface area contributed by atoms with E-state index in [1.807, 2.05) is 25.5 Å². The molecule has 0 bridgehead atoms. The molecule has 0 spiro atoms. The summed E-state index contributed by atoms with van der Waals surface area (Å²) in [5, 5.41) is 4.43. The summed E-state index contributed by atoms with van der Waals surface area (Å²) in [5.41, 5.74) is 0. The lowest BCUT2D eigenvalue weighted by Crippen LogP contribution is -2.08. The van der Waals surface area contributed by atoms with Crippen LogP contribution in [0.15, 0.2) is 18.6 Å². The Morgan fingerprint density at radius 2 is 2.25 bits per heavy atom. The third kappa shape index (κ3) is 2.41. The van der Waals surface area contributed by atoms with Gasteiger partial charge in [0.15, 0.2) is 0 Å². The van der Waals surface area contributed by atoms with Crippen molar-refractivity contribution in [1.82, 2.24) is 14.5 Å². The van der Waals surface area contributed by atoms with E-state index in [-0.39, 0.29) is 0 Å². The maximum atomic E-state index is 4.30. The largest absolute Gasteiger partial charge is 0.351 e. The molecule has 2 aromatic heterocycles. The predicted molar refractivity (Wildman–Crippen MR) is 66.8 cm³/mol. The molecule has 2 heterocycles. The van der Waals surface area contributed by atoms with Gasteiger partial charge in [-0.3, -0.25) is 0 Å². The number of rotatable bonds is 4. The molecule has 16 heavy (non-hydrogen) atoms. The van der Waals surface area contributed by atoms with Gasteiger partial charge in [-0.2, -0.15) is 0 Å². The van der Waals surface area contributed by atoms with E-state index in [1.54, 1.807) is 11.3 Å². The second kappa shape index (κ2) is 4.65. The molecule has 0 unspecified atom stereocenters. The van der Waals surface area contributed by atoms with Crippen LogP contribution >= 0.6 is 11.3 Å². The molecule has 1 N–H and O–H groups in total. The third-order valence-electron chi connectivity index (χ3n) is 2.31. The summed E-state index contributed by atoms with van der Waals surface area (Å²) in [7, 11) is 0. The van der Waals surface area contributed by atoms with Crippen LogP contribution < -0.4 is 5.32 Å². The van der Waals surface area contributed by atoms with Crippen LogP contribution in [0.2, 0.25) is 0 Å². The lowest BCUT2D eigenvalue weighted by atomic mass is 10.4. The molecule has 86 valence electrons. The molecule has 0 fully saturated rings. The van der Waals surface area contributed by atoms with E-state index in [9.17, 15) is 0 Å². The highest BCUT2D eigenvalue weighted by molar-refractivity contribution is 7.11. The summed E-state index contributed by atoms with van der Waals surface area (Å²) >= 11 is 1.71. The van der Waals surface area contributed by atoms with E-state index >= 15 is 0 Å². The van der Waals surface area contributed by atoms with E-state index in [4.69, 9.17) is 0 Å². The fourth-order valence-electron chi connectivity index (χ4n) is 1.52. The zero-order chi connectivity index (χ0) is 11.5. The van der Waals surface area contributed by atoms with E-state index < -0.39 is 0 Å². The number of nitrogens with zero attached hydrogens (tertiary/aromatic N) is 3. The first-order chi connectivity index (χ1) is 7.66. The van der Waals surface area contributed by atoms with Gasteiger partial charge < -0.3 is 9.88 Å². The van der Waals surface area contributed by atoms with Crippen molar-refractivity contribution in [2.24, 2.45) is 0 Å². The van der Waals surface area contributed by atoms with Gasteiger partial charge in [0, 0.05) is 29.5 Å². The molecule has 0 saturated heterocycles. The fraction of sp³-hybridized carbons (Fsp3) is 0.455. The van der Waals surface area contributed by atoms with Gasteiger partial charge in [-0.15, -0.1) is 11.3 Å². The van der Waals surface area contributed by atoms with E-state index in [0.717, 1.165) is 17.5 Å². The van der Waals surface area contributed by atoms with Crippen LogP contribution in [0.1, 0.15) is 29.8 Å². The SMILES string of the molecule is Cc1ncc(CNc2nccn2C(C)C)s1. The quantitative estimate of drug-likeness (QED) is 0.887. The van der Waals surface area contributed by atoms with Crippen LogP contribution in [0.5, 0.6) is 0 Å². The second-order valence-electron chi connectivity index (χ2n) is 3.95. The maximum Gasteiger partial charge on any atom is 0.203 e. The number of aromatic nitrogens is 3. The molecule has 5 heteroatoms. The minimum atomic E-state index is 0.424. The van der Waals surface area contributed by atoms with Gasteiger partial charge in [0.2, 0.25) is 5.95 Å². The van der Waals surface area contributed by atoms with Crippen molar-refractivity contribution in [3.05, 3.63) is 28.5 Å². The molecule has 0 atom stereocenters. The monoisotopic (exact) mass is 236 g/mol. The van der Waals surface area contributed by atoms with Crippen molar-refractivity contribution < 1.29 is 0 Å². The standard InChI is InChI=1S/C11H16N4S/c1-8(2)15-5-4-12-11(15)14-7-10-6-13-9(3)16-10/h4-6,8H,7H2,1-3H3,(H,12,14). The van der Waals surface area contributed by atoms with Crippen molar-refractivity contribution in [2.45, 2.75) is 33.4 Å². The van der Waals surface area contributed by atoms with Crippen LogP contribution in [0.4, 0.5) is 5.95 Å². The Kier molecular flexibility index (Phi) is 3.24. The zero-order valence-electron chi connectivity index (χ0n) is 9.77. The average Bonchev–Trinajstić information content (AvgIpc) is 2.83. The van der Waals surface area contributed by atoms with Gasteiger partial charge in [0.05, 0.1) is 11.6 Å². The minimum Gasteiger partial charge on any atom is -0.351 e. The highest BCUT2D eigenvalue weighted by Gasteiger charge is 2.05. The first-order valence-corrected chi connectivity index (χ1v) is 6.16. The molecule has 4 nitrogen and oxygen atoms in total. The van der Waals surface area contributed by atoms with E-state index in [2.05, 4.69) is 33.7 Å². The molecule has 0 aliphatic carbocycles. The third-order valence-corrected chi connectivity index (χ3v) is 3.23. The smallest absolute Gasteiger partial charge is 0.203 e. The summed E-state index contributed by atoms with van der Waals surface area (Å²) in [6.45, 7) is 7.09. The molecule has 0 aromatic carbocycles.